The molecule has 0 aliphatic heterocycles. The van der Waals surface area contributed by atoms with E-state index >= 15 is 0 Å². The van der Waals surface area contributed by atoms with Crippen LogP contribution in [0.25, 0.3) is 0 Å². The third-order valence-corrected chi connectivity index (χ3v) is 4.68. The second-order valence-electron chi connectivity index (χ2n) is 5.61. The van der Waals surface area contributed by atoms with Gasteiger partial charge in [0.25, 0.3) is 0 Å². The van der Waals surface area contributed by atoms with Gasteiger partial charge in [-0.3, -0.25) is 0 Å². The van der Waals surface area contributed by atoms with E-state index in [4.69, 9.17) is 0 Å². The summed E-state index contributed by atoms with van der Waals surface area (Å²) in [5.74, 6) is 3.75. The molecule has 0 heterocycles. The van der Waals surface area contributed by atoms with Crippen molar-refractivity contribution < 1.29 is 0 Å². The Kier molecular flexibility index (Phi) is 2.16. The van der Waals surface area contributed by atoms with Crippen LogP contribution in [0, 0.1) is 23.7 Å². The smallest absolute Gasteiger partial charge is 0.00929 e. The summed E-state index contributed by atoms with van der Waals surface area (Å²) in [6.45, 7) is 3.66. The Morgan fingerprint density at radius 1 is 1.21 bits per heavy atom. The molecule has 0 aromatic heterocycles. The summed E-state index contributed by atoms with van der Waals surface area (Å²) in [5, 5.41) is 3.76. The Labute approximate surface area is 87.0 Å². The fourth-order valence-corrected chi connectivity index (χ4v) is 3.40. The minimum atomic E-state index is 0.845. The van der Waals surface area contributed by atoms with Crippen LogP contribution in [0.1, 0.15) is 32.6 Å². The molecule has 2 saturated carbocycles. The SMILES string of the molecule is CC1CCC1NC[C@@H]1CC2C=CC1C2. The van der Waals surface area contributed by atoms with Gasteiger partial charge in [-0.1, -0.05) is 19.1 Å². The third kappa shape index (κ3) is 1.42. The summed E-state index contributed by atoms with van der Waals surface area (Å²) < 4.78 is 0. The average molecular weight is 191 g/mol. The summed E-state index contributed by atoms with van der Waals surface area (Å²) in [6.07, 6.45) is 10.7. The standard InChI is InChI=1S/C13H21N/c1-9-2-5-13(9)14-8-12-7-10-3-4-11(12)6-10/h3-4,9-14H,2,5-8H2,1H3/t9?,10?,11?,12-,13?/m0/s1. The molecule has 0 saturated heterocycles. The maximum absolute atomic E-state index is 3.76. The molecule has 1 N–H and O–H groups in total. The molecule has 4 unspecified atom stereocenters. The number of hydrogen-bond acceptors (Lipinski definition) is 1. The lowest BCUT2D eigenvalue weighted by atomic mass is 9.80. The Morgan fingerprint density at radius 2 is 2.14 bits per heavy atom. The van der Waals surface area contributed by atoms with Crippen molar-refractivity contribution in [2.24, 2.45) is 23.7 Å². The summed E-state index contributed by atoms with van der Waals surface area (Å²) in [6, 6.07) is 0.845. The van der Waals surface area contributed by atoms with Crippen molar-refractivity contribution in [3.05, 3.63) is 12.2 Å². The molecule has 78 valence electrons. The number of hydrogen-bond donors (Lipinski definition) is 1. The van der Waals surface area contributed by atoms with Crippen molar-refractivity contribution in [2.75, 3.05) is 6.54 Å². The van der Waals surface area contributed by atoms with Gasteiger partial charge in [-0.05, 0) is 55.9 Å². The van der Waals surface area contributed by atoms with Crippen LogP contribution in [-0.4, -0.2) is 12.6 Å². The fourth-order valence-electron chi connectivity index (χ4n) is 3.40. The van der Waals surface area contributed by atoms with Crippen molar-refractivity contribution in [1.82, 2.24) is 5.32 Å². The van der Waals surface area contributed by atoms with Gasteiger partial charge in [0.05, 0.1) is 0 Å². The van der Waals surface area contributed by atoms with Gasteiger partial charge in [0.1, 0.15) is 0 Å². The Balaban J connectivity index is 1.47. The highest BCUT2D eigenvalue weighted by molar-refractivity contribution is 5.10. The normalized spacial score (nSPS) is 49.6. The molecule has 2 bridgehead atoms. The highest BCUT2D eigenvalue weighted by Gasteiger charge is 2.36. The fraction of sp³-hybridized carbons (Fsp3) is 0.846. The summed E-state index contributed by atoms with van der Waals surface area (Å²) in [7, 11) is 0. The van der Waals surface area contributed by atoms with Crippen molar-refractivity contribution in [3.63, 3.8) is 0 Å². The number of allylic oxidation sites excluding steroid dienone is 2. The van der Waals surface area contributed by atoms with Crippen molar-refractivity contribution in [3.8, 4) is 0 Å². The number of nitrogens with one attached hydrogen (secondary N) is 1. The summed E-state index contributed by atoms with van der Waals surface area (Å²) in [4.78, 5) is 0. The molecule has 3 rings (SSSR count). The Bertz CT molecular complexity index is 246. The molecule has 0 amide bonds. The van der Waals surface area contributed by atoms with Gasteiger partial charge in [-0.15, -0.1) is 0 Å². The lowest BCUT2D eigenvalue weighted by Gasteiger charge is -2.36. The molecular weight excluding hydrogens is 170 g/mol. The van der Waals surface area contributed by atoms with E-state index in [0.29, 0.717) is 0 Å². The molecule has 0 aromatic rings. The van der Waals surface area contributed by atoms with Gasteiger partial charge in [0.2, 0.25) is 0 Å². The first-order chi connectivity index (χ1) is 6.83. The van der Waals surface area contributed by atoms with Gasteiger partial charge < -0.3 is 5.32 Å². The second-order valence-corrected chi connectivity index (χ2v) is 5.61. The first-order valence-electron chi connectivity index (χ1n) is 6.24. The minimum absolute atomic E-state index is 0.845. The van der Waals surface area contributed by atoms with Crippen LogP contribution in [0.15, 0.2) is 12.2 Å². The lowest BCUT2D eigenvalue weighted by Crippen LogP contribution is -2.44. The molecule has 5 atom stereocenters. The van der Waals surface area contributed by atoms with E-state index in [1.807, 2.05) is 0 Å². The number of rotatable bonds is 3. The first kappa shape index (κ1) is 8.96. The molecule has 3 aliphatic carbocycles. The Hall–Kier alpha value is -0.300. The maximum Gasteiger partial charge on any atom is 0.00929 e. The van der Waals surface area contributed by atoms with Gasteiger partial charge in [0.15, 0.2) is 0 Å². The maximum atomic E-state index is 3.76. The molecule has 0 spiro atoms. The summed E-state index contributed by atoms with van der Waals surface area (Å²) in [5.41, 5.74) is 0. The molecule has 0 aromatic carbocycles. The van der Waals surface area contributed by atoms with Crippen LogP contribution < -0.4 is 5.32 Å². The quantitative estimate of drug-likeness (QED) is 0.676. The van der Waals surface area contributed by atoms with Crippen LogP contribution in [0.4, 0.5) is 0 Å². The van der Waals surface area contributed by atoms with E-state index < -0.39 is 0 Å². The van der Waals surface area contributed by atoms with Crippen LogP contribution in [0.3, 0.4) is 0 Å². The van der Waals surface area contributed by atoms with Gasteiger partial charge in [0, 0.05) is 6.04 Å². The van der Waals surface area contributed by atoms with Crippen LogP contribution in [0.5, 0.6) is 0 Å². The topological polar surface area (TPSA) is 12.0 Å². The highest BCUT2D eigenvalue weighted by atomic mass is 14.9. The molecule has 2 fully saturated rings. The Morgan fingerprint density at radius 3 is 2.64 bits per heavy atom. The molecule has 3 aliphatic rings. The van der Waals surface area contributed by atoms with E-state index in [1.54, 1.807) is 0 Å². The van der Waals surface area contributed by atoms with E-state index in [9.17, 15) is 0 Å². The molecule has 0 radical (unpaired) electrons. The van der Waals surface area contributed by atoms with Crippen LogP contribution >= 0.6 is 0 Å². The minimum Gasteiger partial charge on any atom is -0.313 e. The zero-order chi connectivity index (χ0) is 9.54. The molecular formula is C13H21N. The summed E-state index contributed by atoms with van der Waals surface area (Å²) >= 11 is 0. The van der Waals surface area contributed by atoms with Gasteiger partial charge >= 0.3 is 0 Å². The van der Waals surface area contributed by atoms with Crippen LogP contribution in [0.2, 0.25) is 0 Å². The van der Waals surface area contributed by atoms with Gasteiger partial charge in [-0.25, -0.2) is 0 Å². The lowest BCUT2D eigenvalue weighted by molar-refractivity contribution is 0.215. The molecule has 1 nitrogen and oxygen atoms in total. The average Bonchev–Trinajstić information content (AvgIpc) is 2.77. The van der Waals surface area contributed by atoms with Crippen molar-refractivity contribution in [1.29, 1.82) is 0 Å². The van der Waals surface area contributed by atoms with Gasteiger partial charge in [-0.2, -0.15) is 0 Å². The molecule has 1 heteroatoms. The predicted octanol–water partition coefficient (Wildman–Crippen LogP) is 2.59. The van der Waals surface area contributed by atoms with Crippen molar-refractivity contribution in [2.45, 2.75) is 38.6 Å². The molecule has 14 heavy (non-hydrogen) atoms. The predicted molar refractivity (Wildman–Crippen MR) is 59.0 cm³/mol. The number of fused-ring (bicyclic) bond motifs is 2. The van der Waals surface area contributed by atoms with E-state index in [1.165, 1.54) is 32.2 Å². The largest absolute Gasteiger partial charge is 0.313 e. The van der Waals surface area contributed by atoms with Crippen LogP contribution in [-0.2, 0) is 0 Å². The third-order valence-electron chi connectivity index (χ3n) is 4.68. The first-order valence-corrected chi connectivity index (χ1v) is 6.24. The monoisotopic (exact) mass is 191 g/mol. The van der Waals surface area contributed by atoms with Crippen molar-refractivity contribution >= 4 is 0 Å². The van der Waals surface area contributed by atoms with E-state index in [0.717, 1.165) is 29.7 Å². The van der Waals surface area contributed by atoms with E-state index in [-0.39, 0.29) is 0 Å². The second kappa shape index (κ2) is 3.37. The van der Waals surface area contributed by atoms with E-state index in [2.05, 4.69) is 24.4 Å². The zero-order valence-corrected chi connectivity index (χ0v) is 9.08. The highest BCUT2D eigenvalue weighted by Crippen LogP contribution is 2.43. The zero-order valence-electron chi connectivity index (χ0n) is 9.08.